The lowest BCUT2D eigenvalue weighted by Gasteiger charge is -2.17. The third-order valence-electron chi connectivity index (χ3n) is 4.90. The average Bonchev–Trinajstić information content (AvgIpc) is 3.15. The van der Waals surface area contributed by atoms with Crippen LogP contribution in [0.3, 0.4) is 0 Å². The minimum Gasteiger partial charge on any atom is -0.493 e. The van der Waals surface area contributed by atoms with Crippen LogP contribution >= 0.6 is 0 Å². The lowest BCUT2D eigenvalue weighted by atomic mass is 10.00. The van der Waals surface area contributed by atoms with Crippen molar-refractivity contribution in [1.29, 1.82) is 0 Å². The zero-order valence-electron chi connectivity index (χ0n) is 14.4. The first-order chi connectivity index (χ1) is 12.3. The van der Waals surface area contributed by atoms with Crippen molar-refractivity contribution in [2.75, 3.05) is 12.8 Å². The van der Waals surface area contributed by atoms with Crippen molar-refractivity contribution in [1.82, 2.24) is 4.98 Å². The highest BCUT2D eigenvalue weighted by molar-refractivity contribution is 6.01. The van der Waals surface area contributed by atoms with Gasteiger partial charge >= 0.3 is 0 Å². The number of anilines is 1. The summed E-state index contributed by atoms with van der Waals surface area (Å²) in [5, 5.41) is 2.06. The Balaban J connectivity index is 1.79. The summed E-state index contributed by atoms with van der Waals surface area (Å²) in [7, 11) is 1.68. The number of fused-ring (bicyclic) bond motifs is 1. The molecule has 0 amide bonds. The second-order valence-corrected chi connectivity index (χ2v) is 6.49. The minimum atomic E-state index is 0.283. The van der Waals surface area contributed by atoms with Crippen molar-refractivity contribution in [3.05, 3.63) is 48.7 Å². The van der Waals surface area contributed by atoms with Crippen LogP contribution in [0.5, 0.6) is 11.5 Å². The van der Waals surface area contributed by atoms with Gasteiger partial charge in [0, 0.05) is 17.1 Å². The van der Waals surface area contributed by atoms with Crippen LogP contribution in [0.15, 0.2) is 48.7 Å². The van der Waals surface area contributed by atoms with Gasteiger partial charge in [-0.25, -0.2) is 4.98 Å². The molecular formula is C21H22N2O2. The number of nitrogen functional groups attached to an aromatic ring is 1. The van der Waals surface area contributed by atoms with Crippen LogP contribution in [-0.2, 0) is 0 Å². The van der Waals surface area contributed by atoms with Crippen LogP contribution in [0.25, 0.3) is 21.9 Å². The largest absolute Gasteiger partial charge is 0.493 e. The Labute approximate surface area is 147 Å². The van der Waals surface area contributed by atoms with E-state index in [9.17, 15) is 0 Å². The van der Waals surface area contributed by atoms with E-state index in [1.165, 1.54) is 12.8 Å². The van der Waals surface area contributed by atoms with E-state index in [0.717, 1.165) is 46.2 Å². The molecule has 0 bridgehead atoms. The molecule has 1 heterocycles. The van der Waals surface area contributed by atoms with E-state index in [1.807, 2.05) is 36.5 Å². The second kappa shape index (κ2) is 6.63. The van der Waals surface area contributed by atoms with E-state index in [-0.39, 0.29) is 6.10 Å². The van der Waals surface area contributed by atoms with E-state index in [4.69, 9.17) is 15.2 Å². The molecule has 4 rings (SSSR count). The fourth-order valence-corrected chi connectivity index (χ4v) is 3.57. The standard InChI is InChI=1S/C21H22N2O2/c1-24-19-11-10-14(12-20(19)25-15-6-2-3-7-15)18-13-23-21(22)17-9-5-4-8-16(17)18/h4-5,8-13,15H,2-3,6-7H2,1H3,(H2,22,23). The minimum absolute atomic E-state index is 0.283. The topological polar surface area (TPSA) is 57.4 Å². The molecule has 1 fully saturated rings. The van der Waals surface area contributed by atoms with E-state index in [0.29, 0.717) is 5.82 Å². The molecule has 4 nitrogen and oxygen atoms in total. The highest BCUT2D eigenvalue weighted by Gasteiger charge is 2.19. The molecule has 1 aliphatic carbocycles. The van der Waals surface area contributed by atoms with Gasteiger partial charge in [0.25, 0.3) is 0 Å². The van der Waals surface area contributed by atoms with Crippen LogP contribution < -0.4 is 15.2 Å². The number of hydrogen-bond acceptors (Lipinski definition) is 4. The summed E-state index contributed by atoms with van der Waals surface area (Å²) in [4.78, 5) is 4.36. The predicted octanol–water partition coefficient (Wildman–Crippen LogP) is 4.81. The zero-order chi connectivity index (χ0) is 17.2. The molecule has 2 aromatic carbocycles. The van der Waals surface area contributed by atoms with Gasteiger partial charge in [0.05, 0.1) is 13.2 Å². The quantitative estimate of drug-likeness (QED) is 0.743. The Kier molecular flexibility index (Phi) is 4.18. The number of methoxy groups -OCH3 is 1. The number of aromatic nitrogens is 1. The lowest BCUT2D eigenvalue weighted by molar-refractivity contribution is 0.201. The predicted molar refractivity (Wildman–Crippen MR) is 101 cm³/mol. The summed E-state index contributed by atoms with van der Waals surface area (Å²) in [6.07, 6.45) is 6.81. The fourth-order valence-electron chi connectivity index (χ4n) is 3.57. The molecule has 128 valence electrons. The van der Waals surface area contributed by atoms with Crippen LogP contribution in [0.2, 0.25) is 0 Å². The Hall–Kier alpha value is -2.75. The summed E-state index contributed by atoms with van der Waals surface area (Å²) >= 11 is 0. The Morgan fingerprint density at radius 1 is 1.00 bits per heavy atom. The van der Waals surface area contributed by atoms with E-state index in [2.05, 4.69) is 17.1 Å². The van der Waals surface area contributed by atoms with E-state index < -0.39 is 0 Å². The molecule has 25 heavy (non-hydrogen) atoms. The number of benzene rings is 2. The van der Waals surface area contributed by atoms with Gasteiger partial charge in [-0.3, -0.25) is 0 Å². The van der Waals surface area contributed by atoms with Crippen molar-refractivity contribution in [3.63, 3.8) is 0 Å². The van der Waals surface area contributed by atoms with Gasteiger partial charge in [0.15, 0.2) is 11.5 Å². The summed E-state index contributed by atoms with van der Waals surface area (Å²) in [6, 6.07) is 14.1. The Morgan fingerprint density at radius 3 is 2.52 bits per heavy atom. The van der Waals surface area contributed by atoms with Gasteiger partial charge in [-0.2, -0.15) is 0 Å². The number of rotatable bonds is 4. The number of ether oxygens (including phenoxy) is 2. The monoisotopic (exact) mass is 334 g/mol. The summed E-state index contributed by atoms with van der Waals surface area (Å²) < 4.78 is 11.7. The van der Waals surface area contributed by atoms with Crippen molar-refractivity contribution in [3.8, 4) is 22.6 Å². The van der Waals surface area contributed by atoms with Gasteiger partial charge < -0.3 is 15.2 Å². The highest BCUT2D eigenvalue weighted by atomic mass is 16.5. The van der Waals surface area contributed by atoms with Gasteiger partial charge in [-0.05, 0) is 48.8 Å². The van der Waals surface area contributed by atoms with Crippen molar-refractivity contribution < 1.29 is 9.47 Å². The molecule has 2 N–H and O–H groups in total. The molecule has 0 saturated heterocycles. The molecular weight excluding hydrogens is 312 g/mol. The Morgan fingerprint density at radius 2 is 1.76 bits per heavy atom. The SMILES string of the molecule is COc1ccc(-c2cnc(N)c3ccccc23)cc1OC1CCCC1. The fraction of sp³-hybridized carbons (Fsp3) is 0.286. The third-order valence-corrected chi connectivity index (χ3v) is 4.90. The Bertz CT molecular complexity index is 902. The molecule has 0 spiro atoms. The normalized spacial score (nSPS) is 14.8. The molecule has 0 radical (unpaired) electrons. The molecule has 0 unspecified atom stereocenters. The molecule has 1 aromatic heterocycles. The third kappa shape index (κ3) is 3.00. The zero-order valence-corrected chi connectivity index (χ0v) is 14.4. The maximum Gasteiger partial charge on any atom is 0.162 e. The molecule has 0 aliphatic heterocycles. The van der Waals surface area contributed by atoms with E-state index in [1.54, 1.807) is 7.11 Å². The first kappa shape index (κ1) is 15.8. The molecule has 4 heteroatoms. The molecule has 1 saturated carbocycles. The average molecular weight is 334 g/mol. The number of nitrogens with two attached hydrogens (primary N) is 1. The van der Waals surface area contributed by atoms with Crippen LogP contribution in [0.1, 0.15) is 25.7 Å². The maximum absolute atomic E-state index is 6.23. The van der Waals surface area contributed by atoms with Gasteiger partial charge in [0.1, 0.15) is 5.82 Å². The summed E-state index contributed by atoms with van der Waals surface area (Å²) in [5.74, 6) is 2.12. The number of nitrogens with zero attached hydrogens (tertiary/aromatic N) is 1. The molecule has 3 aromatic rings. The lowest BCUT2D eigenvalue weighted by Crippen LogP contribution is -2.11. The molecule has 1 aliphatic rings. The number of hydrogen-bond donors (Lipinski definition) is 1. The van der Waals surface area contributed by atoms with Crippen molar-refractivity contribution in [2.45, 2.75) is 31.8 Å². The van der Waals surface area contributed by atoms with Gasteiger partial charge in [-0.1, -0.05) is 30.3 Å². The summed E-state index contributed by atoms with van der Waals surface area (Å²) in [5.41, 5.74) is 8.13. The second-order valence-electron chi connectivity index (χ2n) is 6.49. The molecule has 0 atom stereocenters. The van der Waals surface area contributed by atoms with Crippen LogP contribution in [0.4, 0.5) is 5.82 Å². The van der Waals surface area contributed by atoms with Crippen LogP contribution in [0, 0.1) is 0 Å². The smallest absolute Gasteiger partial charge is 0.162 e. The first-order valence-corrected chi connectivity index (χ1v) is 8.74. The van der Waals surface area contributed by atoms with Crippen molar-refractivity contribution >= 4 is 16.6 Å². The highest BCUT2D eigenvalue weighted by Crippen LogP contribution is 2.37. The van der Waals surface area contributed by atoms with Crippen molar-refractivity contribution in [2.24, 2.45) is 0 Å². The number of pyridine rings is 1. The van der Waals surface area contributed by atoms with Gasteiger partial charge in [-0.15, -0.1) is 0 Å². The van der Waals surface area contributed by atoms with Crippen LogP contribution in [-0.4, -0.2) is 18.2 Å². The maximum atomic E-state index is 6.23. The van der Waals surface area contributed by atoms with E-state index >= 15 is 0 Å². The first-order valence-electron chi connectivity index (χ1n) is 8.74. The summed E-state index contributed by atoms with van der Waals surface area (Å²) in [6.45, 7) is 0. The van der Waals surface area contributed by atoms with Gasteiger partial charge in [0.2, 0.25) is 0 Å².